The number of carbonyl (C=O) groups is 1. The molecule has 2 aromatic carbocycles. The lowest BCUT2D eigenvalue weighted by molar-refractivity contribution is 0.194. The molecule has 9 heteroatoms. The van der Waals surface area contributed by atoms with E-state index in [1.165, 1.54) is 11.3 Å². The monoisotopic (exact) mass is 462 g/mol. The van der Waals surface area contributed by atoms with E-state index in [0.717, 1.165) is 27.5 Å². The van der Waals surface area contributed by atoms with Crippen LogP contribution in [0.4, 0.5) is 4.79 Å². The summed E-state index contributed by atoms with van der Waals surface area (Å²) in [4.78, 5) is 26.0. The zero-order chi connectivity index (χ0) is 21.4. The van der Waals surface area contributed by atoms with Crippen molar-refractivity contribution in [2.45, 2.75) is 6.42 Å². The largest absolute Gasteiger partial charge is 0.496 e. The van der Waals surface area contributed by atoms with Crippen molar-refractivity contribution in [3.8, 4) is 16.9 Å². The third kappa shape index (κ3) is 3.60. The average Bonchev–Trinajstić information content (AvgIpc) is 3.20. The van der Waals surface area contributed by atoms with Crippen LogP contribution in [0, 0.1) is 0 Å². The molecule has 30 heavy (non-hydrogen) atoms. The number of nitrogens with one attached hydrogen (secondary N) is 2. The van der Waals surface area contributed by atoms with Crippen LogP contribution in [-0.4, -0.2) is 29.8 Å². The van der Waals surface area contributed by atoms with E-state index in [1.54, 1.807) is 13.2 Å². The minimum Gasteiger partial charge on any atom is -0.496 e. The fourth-order valence-electron chi connectivity index (χ4n) is 3.53. The molecule has 0 unspecified atom stereocenters. The number of aromatic amines is 1. The van der Waals surface area contributed by atoms with Crippen LogP contribution in [-0.2, 0) is 6.42 Å². The van der Waals surface area contributed by atoms with E-state index in [-0.39, 0.29) is 12.1 Å². The number of thiophene rings is 1. The molecule has 0 bridgehead atoms. The first-order chi connectivity index (χ1) is 14.4. The Kier molecular flexibility index (Phi) is 5.60. The van der Waals surface area contributed by atoms with Crippen molar-refractivity contribution in [3.05, 3.63) is 61.7 Å². The number of rotatable bonds is 5. The minimum atomic E-state index is -1.08. The number of hydrogen-bond acceptors (Lipinski definition) is 4. The summed E-state index contributed by atoms with van der Waals surface area (Å²) in [6.07, 6.45) is -0.611. The lowest BCUT2D eigenvalue weighted by Crippen LogP contribution is -2.23. The number of H-pyrrole nitrogens is 1. The Morgan fingerprint density at radius 1 is 1.23 bits per heavy atom. The van der Waals surface area contributed by atoms with Crippen molar-refractivity contribution in [2.75, 3.05) is 13.7 Å². The van der Waals surface area contributed by atoms with E-state index in [9.17, 15) is 9.59 Å². The maximum Gasteiger partial charge on any atom is 0.404 e. The van der Waals surface area contributed by atoms with Gasteiger partial charge in [-0.05, 0) is 35.1 Å². The summed E-state index contributed by atoms with van der Waals surface area (Å²) in [5, 5.41) is 15.4. The molecule has 3 N–H and O–H groups in total. The van der Waals surface area contributed by atoms with Gasteiger partial charge in [0.2, 0.25) is 0 Å². The standard InChI is InChI=1S/C21H16Cl2N2O4S/c1-29-15-9-14(23)18-17(12-5-7-30-19(12)20(26)25-18)16(15)11-3-2-10(13(22)8-11)4-6-24-21(27)28/h2-3,5,7-9,24H,4,6H2,1H3,(H,25,26)(H,27,28). The Morgan fingerprint density at radius 2 is 2.03 bits per heavy atom. The van der Waals surface area contributed by atoms with Gasteiger partial charge in [0, 0.05) is 34.0 Å². The molecule has 1 amide bonds. The second-order valence-corrected chi connectivity index (χ2v) is 8.32. The van der Waals surface area contributed by atoms with Crippen LogP contribution in [0.25, 0.3) is 32.1 Å². The van der Waals surface area contributed by atoms with E-state index in [4.69, 9.17) is 33.0 Å². The highest BCUT2D eigenvalue weighted by Crippen LogP contribution is 2.43. The van der Waals surface area contributed by atoms with Crippen molar-refractivity contribution in [3.63, 3.8) is 0 Å². The van der Waals surface area contributed by atoms with Gasteiger partial charge in [-0.1, -0.05) is 35.3 Å². The minimum absolute atomic E-state index is 0.190. The van der Waals surface area contributed by atoms with E-state index in [0.29, 0.717) is 32.4 Å². The third-order valence-corrected chi connectivity index (χ3v) is 6.42. The summed E-state index contributed by atoms with van der Waals surface area (Å²) in [7, 11) is 1.56. The number of fused-ring (bicyclic) bond motifs is 3. The lowest BCUT2D eigenvalue weighted by Gasteiger charge is -2.16. The van der Waals surface area contributed by atoms with Crippen molar-refractivity contribution >= 4 is 61.6 Å². The van der Waals surface area contributed by atoms with Crippen molar-refractivity contribution in [2.24, 2.45) is 0 Å². The number of carboxylic acid groups (broad SMARTS) is 1. The van der Waals surface area contributed by atoms with Crippen LogP contribution in [0.2, 0.25) is 10.0 Å². The van der Waals surface area contributed by atoms with Gasteiger partial charge in [-0.15, -0.1) is 11.3 Å². The molecule has 0 saturated heterocycles. The zero-order valence-electron chi connectivity index (χ0n) is 15.7. The number of aromatic nitrogens is 1. The smallest absolute Gasteiger partial charge is 0.404 e. The molecule has 4 rings (SSSR count). The molecule has 0 aliphatic heterocycles. The highest BCUT2D eigenvalue weighted by molar-refractivity contribution is 7.17. The van der Waals surface area contributed by atoms with Crippen molar-refractivity contribution < 1.29 is 14.6 Å². The van der Waals surface area contributed by atoms with Gasteiger partial charge in [0.05, 0.1) is 17.6 Å². The van der Waals surface area contributed by atoms with Gasteiger partial charge >= 0.3 is 6.09 Å². The quantitative estimate of drug-likeness (QED) is 0.363. The third-order valence-electron chi connectivity index (χ3n) is 4.85. The maximum absolute atomic E-state index is 12.5. The predicted molar refractivity (Wildman–Crippen MR) is 122 cm³/mol. The molecule has 0 fully saturated rings. The fraction of sp³-hybridized carbons (Fsp3) is 0.143. The van der Waals surface area contributed by atoms with Gasteiger partial charge in [-0.2, -0.15) is 0 Å². The molecule has 0 atom stereocenters. The second-order valence-electron chi connectivity index (χ2n) is 6.59. The van der Waals surface area contributed by atoms with Crippen molar-refractivity contribution in [1.29, 1.82) is 0 Å². The second kappa shape index (κ2) is 8.18. The Labute approximate surface area is 185 Å². The number of benzene rings is 2. The van der Waals surface area contributed by atoms with Gasteiger partial charge in [-0.25, -0.2) is 4.79 Å². The number of methoxy groups -OCH3 is 1. The van der Waals surface area contributed by atoms with Crippen LogP contribution in [0.5, 0.6) is 5.75 Å². The number of hydrogen-bond donors (Lipinski definition) is 3. The van der Waals surface area contributed by atoms with Gasteiger partial charge in [0.15, 0.2) is 0 Å². The molecule has 154 valence electrons. The summed E-state index contributed by atoms with van der Waals surface area (Å²) >= 11 is 14.3. The summed E-state index contributed by atoms with van der Waals surface area (Å²) in [5.41, 5.74) is 2.74. The topological polar surface area (TPSA) is 91.4 Å². The van der Waals surface area contributed by atoms with Crippen LogP contribution in [0.1, 0.15) is 5.56 Å². The van der Waals surface area contributed by atoms with Crippen molar-refractivity contribution in [1.82, 2.24) is 10.3 Å². The van der Waals surface area contributed by atoms with Crippen LogP contribution >= 0.6 is 34.5 Å². The highest BCUT2D eigenvalue weighted by atomic mass is 35.5. The predicted octanol–water partition coefficient (Wildman–Crippen LogP) is 5.54. The lowest BCUT2D eigenvalue weighted by atomic mass is 9.96. The summed E-state index contributed by atoms with van der Waals surface area (Å²) in [6, 6.07) is 9.14. The Hall–Kier alpha value is -2.74. The molecule has 0 radical (unpaired) electrons. The number of pyridine rings is 1. The molecule has 0 saturated carbocycles. The fourth-order valence-corrected chi connectivity index (χ4v) is 4.84. The Bertz CT molecular complexity index is 1350. The zero-order valence-corrected chi connectivity index (χ0v) is 18.0. The average molecular weight is 463 g/mol. The first-order valence-corrected chi connectivity index (χ1v) is 10.6. The van der Waals surface area contributed by atoms with Crippen LogP contribution < -0.4 is 15.6 Å². The van der Waals surface area contributed by atoms with Gasteiger partial charge in [-0.3, -0.25) is 4.79 Å². The molecule has 0 spiro atoms. The molecular weight excluding hydrogens is 447 g/mol. The molecule has 2 aromatic heterocycles. The SMILES string of the molecule is COc1cc(Cl)c2[nH]c(=O)c3sccc3c2c1-c1ccc(CCNC(=O)O)c(Cl)c1. The molecule has 0 aliphatic carbocycles. The molecule has 2 heterocycles. The summed E-state index contributed by atoms with van der Waals surface area (Å²) in [6.45, 7) is 0.262. The number of halogens is 2. The molecule has 6 nitrogen and oxygen atoms in total. The molecular formula is C21H16Cl2N2O4S. The summed E-state index contributed by atoms with van der Waals surface area (Å²) < 4.78 is 6.22. The summed E-state index contributed by atoms with van der Waals surface area (Å²) in [5.74, 6) is 0.559. The molecule has 4 aromatic rings. The van der Waals surface area contributed by atoms with E-state index >= 15 is 0 Å². The maximum atomic E-state index is 12.5. The highest BCUT2D eigenvalue weighted by Gasteiger charge is 2.19. The number of ether oxygens (including phenoxy) is 1. The Balaban J connectivity index is 1.93. The van der Waals surface area contributed by atoms with E-state index in [1.807, 2.05) is 29.6 Å². The van der Waals surface area contributed by atoms with Crippen LogP contribution in [0.15, 0.2) is 40.5 Å². The Morgan fingerprint density at radius 3 is 2.73 bits per heavy atom. The first kappa shape index (κ1) is 20.5. The van der Waals surface area contributed by atoms with Gasteiger partial charge < -0.3 is 20.1 Å². The normalized spacial score (nSPS) is 11.2. The van der Waals surface area contributed by atoms with Crippen LogP contribution in [0.3, 0.4) is 0 Å². The van der Waals surface area contributed by atoms with Gasteiger partial charge in [0.25, 0.3) is 5.56 Å². The van der Waals surface area contributed by atoms with E-state index < -0.39 is 6.09 Å². The molecule has 0 aliphatic rings. The van der Waals surface area contributed by atoms with E-state index in [2.05, 4.69) is 10.3 Å². The van der Waals surface area contributed by atoms with Gasteiger partial charge in [0.1, 0.15) is 10.4 Å². The number of amides is 1. The first-order valence-electron chi connectivity index (χ1n) is 8.96.